The van der Waals surface area contributed by atoms with Crippen LogP contribution in [0, 0.1) is 5.82 Å². The Bertz CT molecular complexity index is 1200. The summed E-state index contributed by atoms with van der Waals surface area (Å²) in [5, 5.41) is 12.8. The van der Waals surface area contributed by atoms with E-state index in [2.05, 4.69) is 49.6 Å². The number of halogens is 1. The molecular formula is C27H29FN6O. The molecule has 7 nitrogen and oxygen atoms in total. The molecule has 5 rings (SSSR count). The van der Waals surface area contributed by atoms with Gasteiger partial charge in [-0.25, -0.2) is 9.07 Å². The highest BCUT2D eigenvalue weighted by atomic mass is 19.1. The van der Waals surface area contributed by atoms with Crippen molar-refractivity contribution >= 4 is 5.69 Å². The van der Waals surface area contributed by atoms with E-state index in [0.29, 0.717) is 6.54 Å². The van der Waals surface area contributed by atoms with E-state index in [1.54, 1.807) is 7.11 Å². The van der Waals surface area contributed by atoms with Gasteiger partial charge < -0.3 is 9.64 Å². The predicted molar refractivity (Wildman–Crippen MR) is 133 cm³/mol. The third kappa shape index (κ3) is 5.33. The minimum absolute atomic E-state index is 0.153. The van der Waals surface area contributed by atoms with Gasteiger partial charge in [0.15, 0.2) is 5.82 Å². The van der Waals surface area contributed by atoms with Crippen LogP contribution in [-0.2, 0) is 13.0 Å². The van der Waals surface area contributed by atoms with E-state index in [1.807, 2.05) is 47.1 Å². The summed E-state index contributed by atoms with van der Waals surface area (Å²) < 4.78 is 20.9. The molecule has 0 amide bonds. The first kappa shape index (κ1) is 23.0. The Morgan fingerprint density at radius 3 is 2.29 bits per heavy atom. The Labute approximate surface area is 204 Å². The van der Waals surface area contributed by atoms with Crippen LogP contribution in [-0.4, -0.2) is 58.4 Å². The van der Waals surface area contributed by atoms with E-state index in [-0.39, 0.29) is 11.9 Å². The number of rotatable bonds is 8. The second kappa shape index (κ2) is 10.7. The van der Waals surface area contributed by atoms with E-state index < -0.39 is 0 Å². The van der Waals surface area contributed by atoms with Crippen LogP contribution in [0.5, 0.6) is 5.75 Å². The zero-order valence-electron chi connectivity index (χ0n) is 19.8. The summed E-state index contributed by atoms with van der Waals surface area (Å²) >= 11 is 0. The summed E-state index contributed by atoms with van der Waals surface area (Å²) in [6.07, 6.45) is 0.834. The number of benzene rings is 3. The van der Waals surface area contributed by atoms with Crippen molar-refractivity contribution in [3.05, 3.63) is 102 Å². The molecule has 1 aromatic heterocycles. The minimum atomic E-state index is -0.250. The topological polar surface area (TPSA) is 59.3 Å². The smallest absolute Gasteiger partial charge is 0.173 e. The van der Waals surface area contributed by atoms with Crippen LogP contribution in [0.3, 0.4) is 0 Å². The van der Waals surface area contributed by atoms with E-state index in [4.69, 9.17) is 4.74 Å². The van der Waals surface area contributed by atoms with Crippen molar-refractivity contribution < 1.29 is 9.13 Å². The second-order valence-electron chi connectivity index (χ2n) is 8.67. The van der Waals surface area contributed by atoms with Gasteiger partial charge in [-0.2, -0.15) is 0 Å². The number of hydrogen-bond donors (Lipinski definition) is 0. The maximum atomic E-state index is 13.7. The number of anilines is 1. The van der Waals surface area contributed by atoms with Crippen LogP contribution >= 0.6 is 0 Å². The van der Waals surface area contributed by atoms with Crippen LogP contribution in [0.2, 0.25) is 0 Å². The van der Waals surface area contributed by atoms with Gasteiger partial charge in [-0.15, -0.1) is 5.10 Å². The Morgan fingerprint density at radius 2 is 1.60 bits per heavy atom. The molecular weight excluding hydrogens is 443 g/mol. The van der Waals surface area contributed by atoms with Crippen LogP contribution < -0.4 is 9.64 Å². The Balaban J connectivity index is 1.36. The summed E-state index contributed by atoms with van der Waals surface area (Å²) in [7, 11) is 1.68. The van der Waals surface area contributed by atoms with Gasteiger partial charge in [0.05, 0.1) is 13.2 Å². The molecule has 1 fully saturated rings. The van der Waals surface area contributed by atoms with Gasteiger partial charge >= 0.3 is 0 Å². The predicted octanol–water partition coefficient (Wildman–Crippen LogP) is 3.98. The van der Waals surface area contributed by atoms with Crippen LogP contribution in [0.4, 0.5) is 10.1 Å². The molecule has 35 heavy (non-hydrogen) atoms. The van der Waals surface area contributed by atoms with Gasteiger partial charge in [-0.05, 0) is 64.4 Å². The molecule has 8 heteroatoms. The summed E-state index contributed by atoms with van der Waals surface area (Å²) in [6, 6.07) is 25.0. The molecule has 0 unspecified atom stereocenters. The third-order valence-electron chi connectivity index (χ3n) is 6.56. The van der Waals surface area contributed by atoms with Gasteiger partial charge in [0.2, 0.25) is 0 Å². The van der Waals surface area contributed by atoms with E-state index in [9.17, 15) is 4.39 Å². The fourth-order valence-corrected chi connectivity index (χ4v) is 4.65. The van der Waals surface area contributed by atoms with Crippen molar-refractivity contribution in [2.24, 2.45) is 0 Å². The monoisotopic (exact) mass is 472 g/mol. The average molecular weight is 473 g/mol. The molecule has 0 N–H and O–H groups in total. The standard InChI is InChI=1S/C27H29FN6O/c1-35-25-13-11-24(12-14-25)32-17-19-33(20-18-32)26(22-7-9-23(28)10-8-22)27-29-30-31-34(27)16-15-21-5-3-2-4-6-21/h2-14,26H,15-20H2,1H3/t26-/m1/s1. The van der Waals surface area contributed by atoms with Crippen molar-refractivity contribution in [3.8, 4) is 5.75 Å². The second-order valence-corrected chi connectivity index (χ2v) is 8.67. The molecule has 1 saturated heterocycles. The molecule has 0 saturated carbocycles. The van der Waals surface area contributed by atoms with Crippen molar-refractivity contribution in [3.63, 3.8) is 0 Å². The number of ether oxygens (including phenoxy) is 1. The highest BCUT2D eigenvalue weighted by Gasteiger charge is 2.30. The van der Waals surface area contributed by atoms with E-state index in [0.717, 1.165) is 49.7 Å². The van der Waals surface area contributed by atoms with Crippen molar-refractivity contribution in [1.29, 1.82) is 0 Å². The average Bonchev–Trinajstić information content (AvgIpc) is 3.38. The van der Waals surface area contributed by atoms with Crippen molar-refractivity contribution in [2.45, 2.75) is 19.0 Å². The molecule has 1 aliphatic rings. The molecule has 0 bridgehead atoms. The molecule has 0 radical (unpaired) electrons. The lowest BCUT2D eigenvalue weighted by Gasteiger charge is -2.40. The fourth-order valence-electron chi connectivity index (χ4n) is 4.65. The number of tetrazole rings is 1. The normalized spacial score (nSPS) is 15.2. The van der Waals surface area contributed by atoms with Crippen LogP contribution in [0.15, 0.2) is 78.9 Å². The molecule has 1 aliphatic heterocycles. The number of aromatic nitrogens is 4. The first-order valence-electron chi connectivity index (χ1n) is 11.9. The molecule has 3 aromatic carbocycles. The summed E-state index contributed by atoms with van der Waals surface area (Å²) in [5.41, 5.74) is 3.40. The maximum Gasteiger partial charge on any atom is 0.173 e. The number of nitrogens with zero attached hydrogens (tertiary/aromatic N) is 6. The largest absolute Gasteiger partial charge is 0.497 e. The van der Waals surface area contributed by atoms with E-state index >= 15 is 0 Å². The third-order valence-corrected chi connectivity index (χ3v) is 6.56. The zero-order valence-corrected chi connectivity index (χ0v) is 19.8. The van der Waals surface area contributed by atoms with Gasteiger partial charge in [0.25, 0.3) is 0 Å². The molecule has 0 spiro atoms. The van der Waals surface area contributed by atoms with Crippen LogP contribution in [0.25, 0.3) is 0 Å². The SMILES string of the molecule is COc1ccc(N2CCN([C@H](c3ccc(F)cc3)c3nnnn3CCc3ccccc3)CC2)cc1. The van der Waals surface area contributed by atoms with Crippen molar-refractivity contribution in [2.75, 3.05) is 38.2 Å². The van der Waals surface area contributed by atoms with Crippen LogP contribution in [0.1, 0.15) is 23.0 Å². The number of hydrogen-bond acceptors (Lipinski definition) is 6. The first-order valence-corrected chi connectivity index (χ1v) is 11.9. The molecule has 2 heterocycles. The summed E-state index contributed by atoms with van der Waals surface area (Å²) in [6.45, 7) is 4.08. The molecule has 180 valence electrons. The molecule has 0 aliphatic carbocycles. The first-order chi connectivity index (χ1) is 17.2. The highest BCUT2D eigenvalue weighted by Crippen LogP contribution is 2.30. The highest BCUT2D eigenvalue weighted by molar-refractivity contribution is 5.49. The molecule has 4 aromatic rings. The zero-order chi connectivity index (χ0) is 24.0. The quantitative estimate of drug-likeness (QED) is 0.387. The Kier molecular flexibility index (Phi) is 6.99. The summed E-state index contributed by atoms with van der Waals surface area (Å²) in [5.74, 6) is 1.39. The lowest BCUT2D eigenvalue weighted by molar-refractivity contribution is 0.200. The summed E-state index contributed by atoms with van der Waals surface area (Å²) in [4.78, 5) is 4.76. The minimum Gasteiger partial charge on any atom is -0.497 e. The molecule has 1 atom stereocenters. The van der Waals surface area contributed by atoms with E-state index in [1.165, 1.54) is 23.4 Å². The Morgan fingerprint density at radius 1 is 0.886 bits per heavy atom. The Hall–Kier alpha value is -3.78. The van der Waals surface area contributed by atoms with Gasteiger partial charge in [0.1, 0.15) is 11.6 Å². The van der Waals surface area contributed by atoms with Crippen molar-refractivity contribution in [1.82, 2.24) is 25.1 Å². The fraction of sp³-hybridized carbons (Fsp3) is 0.296. The van der Waals surface area contributed by atoms with Gasteiger partial charge in [-0.3, -0.25) is 4.90 Å². The lowest BCUT2D eigenvalue weighted by Crippen LogP contribution is -2.48. The number of aryl methyl sites for hydroxylation is 2. The van der Waals surface area contributed by atoms with Gasteiger partial charge in [0, 0.05) is 38.4 Å². The lowest BCUT2D eigenvalue weighted by atomic mass is 10.0. The number of methoxy groups -OCH3 is 1. The van der Waals surface area contributed by atoms with Gasteiger partial charge in [-0.1, -0.05) is 42.5 Å². The maximum absolute atomic E-state index is 13.7. The number of piperazine rings is 1.